The summed E-state index contributed by atoms with van der Waals surface area (Å²) in [7, 11) is -4.59. The maximum atomic E-state index is 10.8. The predicted octanol–water partition coefficient (Wildman–Crippen LogP) is 2.62. The summed E-state index contributed by atoms with van der Waals surface area (Å²) in [6.45, 7) is 0. The lowest BCUT2D eigenvalue weighted by molar-refractivity contribution is 0.386. The summed E-state index contributed by atoms with van der Waals surface area (Å²) in [6, 6.07) is 14.0. The summed E-state index contributed by atoms with van der Waals surface area (Å²) in [5.74, 6) is -0.0281. The molecule has 0 aliphatic heterocycles. The lowest BCUT2D eigenvalue weighted by Gasteiger charge is -2.06. The van der Waals surface area contributed by atoms with E-state index in [1.807, 2.05) is 30.3 Å². The van der Waals surface area contributed by atoms with Crippen LogP contribution in [-0.2, 0) is 10.4 Å². The molecule has 0 amide bonds. The third kappa shape index (κ3) is 4.11. The molecule has 3 N–H and O–H groups in total. The third-order valence-corrected chi connectivity index (χ3v) is 2.88. The normalized spacial score (nSPS) is 11.7. The van der Waals surface area contributed by atoms with Gasteiger partial charge >= 0.3 is 10.4 Å². The Kier molecular flexibility index (Phi) is 4.07. The Morgan fingerprint density at radius 2 is 1.75 bits per heavy atom. The Morgan fingerprint density at radius 3 is 2.40 bits per heavy atom. The SMILES string of the molecule is Nc1ccc(C=Cc2ccccc2)c(OS(=O)(=O)O)c1. The number of anilines is 1. The highest BCUT2D eigenvalue weighted by Crippen LogP contribution is 2.25. The maximum absolute atomic E-state index is 10.8. The minimum absolute atomic E-state index is 0.0281. The van der Waals surface area contributed by atoms with Gasteiger partial charge in [-0.05, 0) is 17.7 Å². The summed E-state index contributed by atoms with van der Waals surface area (Å²) in [5.41, 5.74) is 7.34. The number of hydrogen-bond donors (Lipinski definition) is 2. The van der Waals surface area contributed by atoms with Crippen molar-refractivity contribution in [1.82, 2.24) is 0 Å². The van der Waals surface area contributed by atoms with Crippen molar-refractivity contribution in [2.24, 2.45) is 0 Å². The maximum Gasteiger partial charge on any atom is 0.446 e. The number of benzene rings is 2. The summed E-state index contributed by atoms with van der Waals surface area (Å²) < 4.78 is 34.9. The van der Waals surface area contributed by atoms with Crippen LogP contribution in [0.1, 0.15) is 11.1 Å². The Hall–Kier alpha value is -2.31. The predicted molar refractivity (Wildman–Crippen MR) is 78.4 cm³/mol. The molecule has 5 nitrogen and oxygen atoms in total. The van der Waals surface area contributed by atoms with Crippen molar-refractivity contribution >= 4 is 28.2 Å². The van der Waals surface area contributed by atoms with E-state index in [9.17, 15) is 8.42 Å². The molecule has 0 atom stereocenters. The lowest BCUT2D eigenvalue weighted by atomic mass is 10.1. The zero-order valence-corrected chi connectivity index (χ0v) is 11.2. The van der Waals surface area contributed by atoms with Crippen LogP contribution in [-0.4, -0.2) is 13.0 Å². The van der Waals surface area contributed by atoms with Gasteiger partial charge in [-0.15, -0.1) is 0 Å². The van der Waals surface area contributed by atoms with Gasteiger partial charge in [0.1, 0.15) is 0 Å². The van der Waals surface area contributed by atoms with Crippen molar-refractivity contribution in [2.45, 2.75) is 0 Å². The molecular weight excluding hydrogens is 278 g/mol. The van der Waals surface area contributed by atoms with Gasteiger partial charge in [-0.2, -0.15) is 8.42 Å². The number of hydrogen-bond acceptors (Lipinski definition) is 4. The summed E-state index contributed by atoms with van der Waals surface area (Å²) in [6.07, 6.45) is 3.47. The van der Waals surface area contributed by atoms with Crippen LogP contribution in [0, 0.1) is 0 Å². The van der Waals surface area contributed by atoms with Crippen LogP contribution in [0.25, 0.3) is 12.2 Å². The summed E-state index contributed by atoms with van der Waals surface area (Å²) in [4.78, 5) is 0. The highest BCUT2D eigenvalue weighted by atomic mass is 32.3. The van der Waals surface area contributed by atoms with Gasteiger partial charge in [0.15, 0.2) is 5.75 Å². The molecule has 2 aromatic carbocycles. The van der Waals surface area contributed by atoms with E-state index < -0.39 is 10.4 Å². The van der Waals surface area contributed by atoms with Gasteiger partial charge in [-0.1, -0.05) is 42.5 Å². The molecule has 0 unspecified atom stereocenters. The van der Waals surface area contributed by atoms with Gasteiger partial charge in [-0.25, -0.2) is 0 Å². The van der Waals surface area contributed by atoms with Gasteiger partial charge < -0.3 is 9.92 Å². The largest absolute Gasteiger partial charge is 0.446 e. The molecule has 0 bridgehead atoms. The molecule has 0 aliphatic rings. The molecule has 0 heterocycles. The molecule has 2 rings (SSSR count). The molecular formula is C14H13NO4S. The first-order valence-electron chi connectivity index (χ1n) is 5.73. The fraction of sp³-hybridized carbons (Fsp3) is 0. The Balaban J connectivity index is 2.34. The highest BCUT2D eigenvalue weighted by Gasteiger charge is 2.10. The average molecular weight is 291 g/mol. The van der Waals surface area contributed by atoms with E-state index in [0.717, 1.165) is 5.56 Å². The molecule has 0 aromatic heterocycles. The van der Waals surface area contributed by atoms with Crippen LogP contribution < -0.4 is 9.92 Å². The van der Waals surface area contributed by atoms with E-state index in [4.69, 9.17) is 10.3 Å². The minimum atomic E-state index is -4.59. The quantitative estimate of drug-likeness (QED) is 0.513. The van der Waals surface area contributed by atoms with Gasteiger partial charge in [0.05, 0.1) is 0 Å². The minimum Gasteiger partial charge on any atom is -0.399 e. The molecule has 2 aromatic rings. The first-order valence-corrected chi connectivity index (χ1v) is 7.10. The Labute approximate surface area is 117 Å². The van der Waals surface area contributed by atoms with E-state index in [2.05, 4.69) is 4.18 Å². The van der Waals surface area contributed by atoms with Gasteiger partial charge in [-0.3, -0.25) is 4.55 Å². The molecule has 20 heavy (non-hydrogen) atoms. The molecule has 0 radical (unpaired) electrons. The number of nitrogen functional groups attached to an aromatic ring is 1. The van der Waals surface area contributed by atoms with Crippen molar-refractivity contribution in [1.29, 1.82) is 0 Å². The van der Waals surface area contributed by atoms with E-state index in [1.165, 1.54) is 6.07 Å². The molecule has 0 saturated carbocycles. The van der Waals surface area contributed by atoms with E-state index in [-0.39, 0.29) is 5.75 Å². The Morgan fingerprint density at radius 1 is 1.05 bits per heavy atom. The summed E-state index contributed by atoms with van der Waals surface area (Å²) in [5, 5.41) is 0. The zero-order valence-electron chi connectivity index (χ0n) is 10.4. The first-order chi connectivity index (χ1) is 9.44. The van der Waals surface area contributed by atoms with Gasteiger partial charge in [0.2, 0.25) is 0 Å². The van der Waals surface area contributed by atoms with Gasteiger partial charge in [0.25, 0.3) is 0 Å². The van der Waals surface area contributed by atoms with Crippen LogP contribution in [0.2, 0.25) is 0 Å². The van der Waals surface area contributed by atoms with Crippen molar-refractivity contribution in [3.8, 4) is 5.75 Å². The number of rotatable bonds is 4. The third-order valence-electron chi connectivity index (χ3n) is 2.49. The van der Waals surface area contributed by atoms with Crippen LogP contribution in [0.15, 0.2) is 48.5 Å². The molecule has 0 fully saturated rings. The van der Waals surface area contributed by atoms with E-state index in [0.29, 0.717) is 11.3 Å². The summed E-state index contributed by atoms with van der Waals surface area (Å²) >= 11 is 0. The second-order valence-electron chi connectivity index (χ2n) is 4.05. The fourth-order valence-corrected chi connectivity index (χ4v) is 2.00. The van der Waals surface area contributed by atoms with Crippen molar-refractivity contribution in [3.63, 3.8) is 0 Å². The molecule has 6 heteroatoms. The van der Waals surface area contributed by atoms with Crippen LogP contribution in [0.5, 0.6) is 5.75 Å². The molecule has 0 saturated heterocycles. The number of nitrogens with two attached hydrogens (primary N) is 1. The van der Waals surface area contributed by atoms with Crippen molar-refractivity contribution in [3.05, 3.63) is 59.7 Å². The van der Waals surface area contributed by atoms with E-state index in [1.54, 1.807) is 24.3 Å². The molecule has 0 aliphatic carbocycles. The van der Waals surface area contributed by atoms with E-state index >= 15 is 0 Å². The van der Waals surface area contributed by atoms with Crippen molar-refractivity contribution in [2.75, 3.05) is 5.73 Å². The topological polar surface area (TPSA) is 89.6 Å². The average Bonchev–Trinajstić information content (AvgIpc) is 2.37. The zero-order chi connectivity index (χ0) is 14.6. The highest BCUT2D eigenvalue weighted by molar-refractivity contribution is 7.81. The fourth-order valence-electron chi connectivity index (χ4n) is 1.62. The van der Waals surface area contributed by atoms with Crippen LogP contribution in [0.4, 0.5) is 5.69 Å². The molecule has 0 spiro atoms. The lowest BCUT2D eigenvalue weighted by Crippen LogP contribution is -2.07. The molecule has 104 valence electrons. The Bertz CT molecular complexity index is 724. The second kappa shape index (κ2) is 5.77. The van der Waals surface area contributed by atoms with Crippen LogP contribution in [0.3, 0.4) is 0 Å². The smallest absolute Gasteiger partial charge is 0.399 e. The van der Waals surface area contributed by atoms with Crippen molar-refractivity contribution < 1.29 is 17.2 Å². The second-order valence-corrected chi connectivity index (χ2v) is 5.07. The van der Waals surface area contributed by atoms with Gasteiger partial charge in [0, 0.05) is 17.3 Å². The monoisotopic (exact) mass is 291 g/mol. The van der Waals surface area contributed by atoms with Crippen LogP contribution >= 0.6 is 0 Å². The standard InChI is InChI=1S/C14H13NO4S/c15-13-9-8-12(14(10-13)19-20(16,17)18)7-6-11-4-2-1-3-5-11/h1-10H,15H2,(H,16,17,18). The first kappa shape index (κ1) is 14.1.